The summed E-state index contributed by atoms with van der Waals surface area (Å²) < 4.78 is 5.87. The van der Waals surface area contributed by atoms with Crippen molar-refractivity contribution in [3.8, 4) is 5.88 Å². The fourth-order valence-corrected chi connectivity index (χ4v) is 4.46. The quantitative estimate of drug-likeness (QED) is 0.668. The highest BCUT2D eigenvalue weighted by Gasteiger charge is 2.45. The summed E-state index contributed by atoms with van der Waals surface area (Å²) in [6.07, 6.45) is 11.0. The maximum absolute atomic E-state index is 10.7. The van der Waals surface area contributed by atoms with Gasteiger partial charge in [-0.05, 0) is 69.0 Å². The second kappa shape index (κ2) is 8.31. The normalized spacial score (nSPS) is 27.7. The molecule has 0 atom stereocenters. The van der Waals surface area contributed by atoms with Crippen molar-refractivity contribution in [2.75, 3.05) is 19.7 Å². The number of carbonyl (C=O) groups excluding carboxylic acids is 1. The number of aryl methyl sites for hydroxylation is 1. The van der Waals surface area contributed by atoms with Gasteiger partial charge < -0.3 is 14.4 Å². The highest BCUT2D eigenvalue weighted by molar-refractivity contribution is 5.49. The molecule has 2 fully saturated rings. The van der Waals surface area contributed by atoms with Gasteiger partial charge in [0.2, 0.25) is 5.88 Å². The average molecular weight is 344 g/mol. The van der Waals surface area contributed by atoms with E-state index in [2.05, 4.69) is 16.8 Å². The Kier molecular flexibility index (Phi) is 6.10. The maximum atomic E-state index is 10.7. The highest BCUT2D eigenvalue weighted by atomic mass is 16.5. The molecule has 1 saturated carbocycles. The van der Waals surface area contributed by atoms with Gasteiger partial charge >= 0.3 is 0 Å². The second-order valence-corrected chi connectivity index (χ2v) is 8.09. The maximum Gasteiger partial charge on any atom is 0.213 e. The number of rotatable bonds is 8. The summed E-state index contributed by atoms with van der Waals surface area (Å²) in [5.41, 5.74) is 1.61. The number of hydrogen-bond donors (Lipinski definition) is 0. The number of carbonyl (C=O) groups is 1. The zero-order valence-electron chi connectivity index (χ0n) is 15.7. The van der Waals surface area contributed by atoms with Gasteiger partial charge in [-0.3, -0.25) is 0 Å². The van der Waals surface area contributed by atoms with E-state index in [1.165, 1.54) is 45.2 Å². The van der Waals surface area contributed by atoms with Gasteiger partial charge in [0.1, 0.15) is 6.29 Å². The molecule has 1 aromatic heterocycles. The summed E-state index contributed by atoms with van der Waals surface area (Å²) in [6.45, 7) is 7.48. The van der Waals surface area contributed by atoms with E-state index in [4.69, 9.17) is 4.74 Å². The SMILES string of the molecule is CCC1(CCC=O)CC(N2CCC(COc3ccc(C)cn3)CC2)C1. The fourth-order valence-electron chi connectivity index (χ4n) is 4.46. The number of pyridine rings is 1. The molecule has 1 aromatic rings. The first-order chi connectivity index (χ1) is 12.1. The molecule has 4 nitrogen and oxygen atoms in total. The smallest absolute Gasteiger partial charge is 0.213 e. The van der Waals surface area contributed by atoms with Crippen molar-refractivity contribution in [3.05, 3.63) is 23.9 Å². The first-order valence-corrected chi connectivity index (χ1v) is 9.87. The van der Waals surface area contributed by atoms with E-state index in [1.54, 1.807) is 0 Å². The lowest BCUT2D eigenvalue weighted by molar-refractivity contribution is -0.109. The van der Waals surface area contributed by atoms with Crippen LogP contribution in [0.1, 0.15) is 57.4 Å². The lowest BCUT2D eigenvalue weighted by atomic mass is 9.61. The third kappa shape index (κ3) is 4.60. The molecule has 0 radical (unpaired) electrons. The zero-order valence-corrected chi connectivity index (χ0v) is 15.7. The molecule has 3 rings (SSSR count). The first kappa shape index (κ1) is 18.4. The third-order valence-corrected chi connectivity index (χ3v) is 6.40. The molecule has 4 heteroatoms. The number of hydrogen-bond acceptors (Lipinski definition) is 4. The van der Waals surface area contributed by atoms with Crippen molar-refractivity contribution < 1.29 is 9.53 Å². The van der Waals surface area contributed by atoms with Crippen LogP contribution in [0.3, 0.4) is 0 Å². The summed E-state index contributed by atoms with van der Waals surface area (Å²) in [6, 6.07) is 4.75. The first-order valence-electron chi connectivity index (χ1n) is 9.87. The van der Waals surface area contributed by atoms with E-state index in [-0.39, 0.29) is 0 Å². The predicted molar refractivity (Wildman–Crippen MR) is 99.8 cm³/mol. The highest BCUT2D eigenvalue weighted by Crippen LogP contribution is 2.50. The predicted octanol–water partition coefficient (Wildman–Crippen LogP) is 4.02. The van der Waals surface area contributed by atoms with Crippen LogP contribution in [0.15, 0.2) is 18.3 Å². The van der Waals surface area contributed by atoms with Crippen molar-refractivity contribution in [3.63, 3.8) is 0 Å². The number of ether oxygens (including phenoxy) is 1. The Labute approximate surface area is 152 Å². The van der Waals surface area contributed by atoms with Gasteiger partial charge in [0, 0.05) is 24.7 Å². The molecule has 1 aliphatic heterocycles. The summed E-state index contributed by atoms with van der Waals surface area (Å²) in [5.74, 6) is 1.39. The molecule has 0 spiro atoms. The van der Waals surface area contributed by atoms with Gasteiger partial charge in [0.25, 0.3) is 0 Å². The van der Waals surface area contributed by atoms with Gasteiger partial charge in [0.15, 0.2) is 0 Å². The van der Waals surface area contributed by atoms with Crippen LogP contribution in [0.4, 0.5) is 0 Å². The van der Waals surface area contributed by atoms with Crippen LogP contribution in [-0.4, -0.2) is 41.9 Å². The van der Waals surface area contributed by atoms with E-state index in [0.717, 1.165) is 43.2 Å². The van der Waals surface area contributed by atoms with E-state index >= 15 is 0 Å². The number of nitrogens with zero attached hydrogens (tertiary/aromatic N) is 2. The molecule has 0 N–H and O–H groups in total. The van der Waals surface area contributed by atoms with E-state index in [9.17, 15) is 4.79 Å². The molecule has 1 saturated heterocycles. The molecule has 25 heavy (non-hydrogen) atoms. The number of aldehydes is 1. The lowest BCUT2D eigenvalue weighted by Gasteiger charge is -2.53. The molecule has 0 amide bonds. The minimum Gasteiger partial charge on any atom is -0.477 e. The lowest BCUT2D eigenvalue weighted by Crippen LogP contribution is -2.53. The Morgan fingerprint density at radius 1 is 1.32 bits per heavy atom. The van der Waals surface area contributed by atoms with Gasteiger partial charge in [-0.2, -0.15) is 0 Å². The molecule has 1 aliphatic carbocycles. The van der Waals surface area contributed by atoms with Crippen LogP contribution >= 0.6 is 0 Å². The minimum atomic E-state index is 0.447. The van der Waals surface area contributed by atoms with Gasteiger partial charge in [0.05, 0.1) is 6.61 Å². The monoisotopic (exact) mass is 344 g/mol. The zero-order chi connectivity index (χ0) is 17.7. The topological polar surface area (TPSA) is 42.4 Å². The van der Waals surface area contributed by atoms with Crippen LogP contribution in [0.25, 0.3) is 0 Å². The summed E-state index contributed by atoms with van der Waals surface area (Å²) in [5, 5.41) is 0. The Morgan fingerprint density at radius 2 is 2.08 bits per heavy atom. The third-order valence-electron chi connectivity index (χ3n) is 6.40. The van der Waals surface area contributed by atoms with Crippen LogP contribution in [0, 0.1) is 18.3 Å². The molecular weight excluding hydrogens is 312 g/mol. The Bertz CT molecular complexity index is 544. The van der Waals surface area contributed by atoms with Crippen LogP contribution in [-0.2, 0) is 4.79 Å². The molecular formula is C21H32N2O2. The van der Waals surface area contributed by atoms with Crippen molar-refractivity contribution in [2.45, 2.75) is 64.8 Å². The van der Waals surface area contributed by atoms with Crippen LogP contribution in [0.5, 0.6) is 5.88 Å². The van der Waals surface area contributed by atoms with Crippen molar-refractivity contribution in [1.82, 2.24) is 9.88 Å². The Hall–Kier alpha value is -1.42. The van der Waals surface area contributed by atoms with Crippen molar-refractivity contribution >= 4 is 6.29 Å². The number of piperidine rings is 1. The summed E-state index contributed by atoms with van der Waals surface area (Å²) in [7, 11) is 0. The Morgan fingerprint density at radius 3 is 2.68 bits per heavy atom. The van der Waals surface area contributed by atoms with Crippen molar-refractivity contribution in [1.29, 1.82) is 0 Å². The van der Waals surface area contributed by atoms with Gasteiger partial charge in [-0.15, -0.1) is 0 Å². The largest absolute Gasteiger partial charge is 0.477 e. The number of likely N-dealkylation sites (tertiary alicyclic amines) is 1. The Balaban J connectivity index is 1.38. The fraction of sp³-hybridized carbons (Fsp3) is 0.714. The molecule has 2 heterocycles. The average Bonchev–Trinajstić information content (AvgIpc) is 2.61. The van der Waals surface area contributed by atoms with E-state index in [1.807, 2.05) is 25.3 Å². The molecule has 0 aromatic carbocycles. The van der Waals surface area contributed by atoms with Gasteiger partial charge in [-0.25, -0.2) is 4.98 Å². The summed E-state index contributed by atoms with van der Waals surface area (Å²) >= 11 is 0. The van der Waals surface area contributed by atoms with E-state index in [0.29, 0.717) is 11.3 Å². The summed E-state index contributed by atoms with van der Waals surface area (Å²) in [4.78, 5) is 17.7. The second-order valence-electron chi connectivity index (χ2n) is 8.09. The molecule has 2 aliphatic rings. The van der Waals surface area contributed by atoms with Crippen molar-refractivity contribution in [2.24, 2.45) is 11.3 Å². The molecule has 138 valence electrons. The van der Waals surface area contributed by atoms with Crippen LogP contribution in [0.2, 0.25) is 0 Å². The van der Waals surface area contributed by atoms with Gasteiger partial charge in [-0.1, -0.05) is 19.4 Å². The molecule has 0 bridgehead atoms. The molecule has 0 unspecified atom stereocenters. The minimum absolute atomic E-state index is 0.447. The van der Waals surface area contributed by atoms with E-state index < -0.39 is 0 Å². The number of aromatic nitrogens is 1. The standard InChI is InChI=1S/C21H32N2O2/c1-3-21(9-4-12-24)13-19(14-21)23-10-7-18(8-11-23)16-25-20-6-5-17(2)15-22-20/h5-6,12,15,18-19H,3-4,7-11,13-14,16H2,1-2H3. The van der Waals surface area contributed by atoms with Crippen LogP contribution < -0.4 is 4.74 Å².